The molecule has 0 bridgehead atoms. The molecule has 6 unspecified atom stereocenters. The SMILES string of the molecule is Cc1cc(=O)c2cc3c(c(-n4cc5cc[nH]c5c4)c2o1)OC(C)(C1CCCC1)C(OOCC(O)C(O)(Cn1ccc2[nH]ccc21)C(O)C(O)CO)C3. The fourth-order valence-corrected chi connectivity index (χ4v) is 8.24. The van der Waals surface area contributed by atoms with Gasteiger partial charge in [0.2, 0.25) is 0 Å². The van der Waals surface area contributed by atoms with Crippen LogP contribution >= 0.6 is 0 Å². The lowest BCUT2D eigenvalue weighted by Crippen LogP contribution is -2.61. The Hall–Kier alpha value is -4.41. The Balaban J connectivity index is 1.12. The van der Waals surface area contributed by atoms with Crippen molar-refractivity contribution in [2.24, 2.45) is 5.92 Å². The second kappa shape index (κ2) is 13.2. The molecule has 1 aromatic carbocycles. The number of rotatable bonds is 12. The summed E-state index contributed by atoms with van der Waals surface area (Å²) in [6.45, 7) is 1.97. The first-order valence-corrected chi connectivity index (χ1v) is 17.7. The molecule has 1 saturated carbocycles. The zero-order chi connectivity index (χ0) is 36.4. The number of benzene rings is 1. The zero-order valence-electron chi connectivity index (χ0n) is 29.0. The molecule has 1 aliphatic heterocycles. The number of aliphatic hydroxyl groups excluding tert-OH is 4. The van der Waals surface area contributed by atoms with Gasteiger partial charge in [0.1, 0.15) is 53.7 Å². The average molecular weight is 717 g/mol. The predicted octanol–water partition coefficient (Wildman–Crippen LogP) is 3.36. The first-order chi connectivity index (χ1) is 25.0. The van der Waals surface area contributed by atoms with Crippen LogP contribution in [0.25, 0.3) is 38.6 Å². The monoisotopic (exact) mass is 716 g/mol. The molecule has 0 radical (unpaired) electrons. The molecule has 52 heavy (non-hydrogen) atoms. The molecule has 6 atom stereocenters. The van der Waals surface area contributed by atoms with E-state index >= 15 is 0 Å². The molecule has 14 nitrogen and oxygen atoms in total. The van der Waals surface area contributed by atoms with Crippen molar-refractivity contribution in [1.82, 2.24) is 19.1 Å². The van der Waals surface area contributed by atoms with E-state index < -0.39 is 48.8 Å². The van der Waals surface area contributed by atoms with Crippen LogP contribution in [0.3, 0.4) is 0 Å². The summed E-state index contributed by atoms with van der Waals surface area (Å²) in [5.74, 6) is 1.14. The van der Waals surface area contributed by atoms with Crippen LogP contribution in [0.15, 0.2) is 70.5 Å². The normalized spacial score (nSPS) is 22.5. The molecular weight excluding hydrogens is 672 g/mol. The van der Waals surface area contributed by atoms with Gasteiger partial charge >= 0.3 is 0 Å². The lowest BCUT2D eigenvalue weighted by atomic mass is 9.78. The van der Waals surface area contributed by atoms with Crippen LogP contribution in [0.2, 0.25) is 0 Å². The molecule has 5 aromatic heterocycles. The van der Waals surface area contributed by atoms with Crippen molar-refractivity contribution in [3.8, 4) is 11.4 Å². The lowest BCUT2D eigenvalue weighted by Gasteiger charge is -2.45. The van der Waals surface area contributed by atoms with Crippen LogP contribution in [0.4, 0.5) is 0 Å². The van der Waals surface area contributed by atoms with Crippen molar-refractivity contribution >= 4 is 32.9 Å². The van der Waals surface area contributed by atoms with Gasteiger partial charge in [-0.05, 0) is 51.0 Å². The fourth-order valence-electron chi connectivity index (χ4n) is 8.24. The summed E-state index contributed by atoms with van der Waals surface area (Å²) in [7, 11) is 0. The van der Waals surface area contributed by atoms with E-state index in [4.69, 9.17) is 18.9 Å². The van der Waals surface area contributed by atoms with E-state index in [-0.39, 0.29) is 17.9 Å². The summed E-state index contributed by atoms with van der Waals surface area (Å²) in [5, 5.41) is 55.5. The summed E-state index contributed by atoms with van der Waals surface area (Å²) in [4.78, 5) is 31.5. The smallest absolute Gasteiger partial charge is 0.193 e. The highest BCUT2D eigenvalue weighted by Gasteiger charge is 2.51. The number of fused-ring (bicyclic) bond motifs is 4. The zero-order valence-corrected chi connectivity index (χ0v) is 29.0. The molecule has 0 spiro atoms. The van der Waals surface area contributed by atoms with E-state index in [0.29, 0.717) is 45.7 Å². The minimum Gasteiger partial charge on any atom is -0.482 e. The molecule has 7 N–H and O–H groups in total. The van der Waals surface area contributed by atoms with Crippen LogP contribution in [-0.2, 0) is 22.7 Å². The van der Waals surface area contributed by atoms with Gasteiger partial charge < -0.3 is 53.8 Å². The molecule has 8 rings (SSSR count). The van der Waals surface area contributed by atoms with Crippen LogP contribution in [-0.4, -0.2) is 93.5 Å². The van der Waals surface area contributed by atoms with Crippen LogP contribution in [0.5, 0.6) is 5.75 Å². The van der Waals surface area contributed by atoms with Crippen molar-refractivity contribution < 1.29 is 44.5 Å². The van der Waals surface area contributed by atoms with Gasteiger partial charge in [0.25, 0.3) is 0 Å². The number of H-pyrrole nitrogens is 2. The second-order valence-corrected chi connectivity index (χ2v) is 14.6. The minimum absolute atomic E-state index is 0.0856. The second-order valence-electron chi connectivity index (χ2n) is 14.6. The molecule has 1 aliphatic carbocycles. The van der Waals surface area contributed by atoms with E-state index in [2.05, 4.69) is 9.97 Å². The highest BCUT2D eigenvalue weighted by Crippen LogP contribution is 2.48. The van der Waals surface area contributed by atoms with Gasteiger partial charge in [-0.15, -0.1) is 0 Å². The molecule has 14 heteroatoms. The van der Waals surface area contributed by atoms with Crippen LogP contribution < -0.4 is 10.2 Å². The number of nitrogens with zero attached hydrogens (tertiary/aromatic N) is 2. The Kier molecular flexibility index (Phi) is 8.81. The number of hydrogen-bond donors (Lipinski definition) is 7. The van der Waals surface area contributed by atoms with Crippen molar-refractivity contribution in [3.63, 3.8) is 0 Å². The molecule has 1 fully saturated rings. The van der Waals surface area contributed by atoms with Gasteiger partial charge in [-0.25, -0.2) is 9.78 Å². The average Bonchev–Trinajstić information content (AvgIpc) is 3.96. The maximum absolute atomic E-state index is 13.4. The number of hydrogen-bond acceptors (Lipinski definition) is 10. The number of aromatic amines is 2. The molecule has 0 amide bonds. The van der Waals surface area contributed by atoms with E-state index in [9.17, 15) is 30.3 Å². The highest BCUT2D eigenvalue weighted by molar-refractivity contribution is 5.91. The van der Waals surface area contributed by atoms with Gasteiger partial charge in [0.05, 0.1) is 35.1 Å². The molecule has 276 valence electrons. The summed E-state index contributed by atoms with van der Waals surface area (Å²) in [5.41, 5.74) is 0.655. The number of ether oxygens (including phenoxy) is 1. The maximum atomic E-state index is 13.4. The number of aryl methyl sites for hydroxylation is 1. The summed E-state index contributed by atoms with van der Waals surface area (Å²) in [6, 6.07) is 8.75. The Morgan fingerprint density at radius 1 is 1.08 bits per heavy atom. The van der Waals surface area contributed by atoms with Crippen LogP contribution in [0, 0.1) is 12.8 Å². The van der Waals surface area contributed by atoms with Crippen molar-refractivity contribution in [3.05, 3.63) is 82.9 Å². The predicted molar refractivity (Wildman–Crippen MR) is 190 cm³/mol. The van der Waals surface area contributed by atoms with Gasteiger partial charge in [-0.1, -0.05) is 12.8 Å². The molecular formula is C38H44N4O10. The van der Waals surface area contributed by atoms with Crippen molar-refractivity contribution in [2.75, 3.05) is 13.2 Å². The third-order valence-electron chi connectivity index (χ3n) is 11.3. The van der Waals surface area contributed by atoms with Gasteiger partial charge in [-0.2, -0.15) is 0 Å². The van der Waals surface area contributed by atoms with Crippen molar-refractivity contribution in [2.45, 2.75) is 88.1 Å². The van der Waals surface area contributed by atoms with Gasteiger partial charge in [0.15, 0.2) is 16.8 Å². The summed E-state index contributed by atoms with van der Waals surface area (Å²) in [6.07, 6.45) is 7.13. The largest absolute Gasteiger partial charge is 0.482 e. The van der Waals surface area contributed by atoms with Crippen LogP contribution in [0.1, 0.15) is 43.9 Å². The fraction of sp³-hybridized carbons (Fsp3) is 0.447. The topological polar surface area (TPSA) is 200 Å². The highest BCUT2D eigenvalue weighted by atomic mass is 17.2. The molecule has 6 aromatic rings. The Labute approximate surface area is 297 Å². The van der Waals surface area contributed by atoms with Crippen molar-refractivity contribution in [1.29, 1.82) is 0 Å². The lowest BCUT2D eigenvalue weighted by molar-refractivity contribution is -0.368. The maximum Gasteiger partial charge on any atom is 0.193 e. The summed E-state index contributed by atoms with van der Waals surface area (Å²) >= 11 is 0. The standard InChI is InChI=1S/C38H44N4O10/c1-21-13-29(44)25-14-23-15-32(52-49-19-31(46)38(48,36(47)30(45)18-43)20-41-12-9-26-28(41)8-11-39-26)37(2,24-5-3-4-6-24)51-34(23)33(35(25)50-21)42-16-22-7-10-40-27(22)17-42/h7-14,16-17,24,30-32,36,39-40,43,45-48H,3-6,15,18-20H2,1-2H3. The van der Waals surface area contributed by atoms with E-state index in [0.717, 1.165) is 42.1 Å². The Morgan fingerprint density at radius 3 is 2.62 bits per heavy atom. The molecule has 0 saturated heterocycles. The van der Waals surface area contributed by atoms with Gasteiger partial charge in [-0.3, -0.25) is 4.79 Å². The van der Waals surface area contributed by atoms with E-state index in [1.54, 1.807) is 42.1 Å². The minimum atomic E-state index is -2.36. The number of aromatic nitrogens is 4. The van der Waals surface area contributed by atoms with Gasteiger partial charge in [0, 0.05) is 60.3 Å². The first-order valence-electron chi connectivity index (χ1n) is 17.7. The van der Waals surface area contributed by atoms with E-state index in [1.165, 1.54) is 6.07 Å². The number of aliphatic hydroxyl groups is 5. The summed E-state index contributed by atoms with van der Waals surface area (Å²) < 4.78 is 16.8. The third kappa shape index (κ3) is 5.75. The molecule has 2 aliphatic rings. The Bertz CT molecular complexity index is 2250. The first kappa shape index (κ1) is 34.7. The quantitative estimate of drug-likeness (QED) is 0.0728. The third-order valence-corrected chi connectivity index (χ3v) is 11.3. The number of nitrogens with one attached hydrogen (secondary N) is 2. The van der Waals surface area contributed by atoms with E-state index in [1.807, 2.05) is 36.1 Å². The Morgan fingerprint density at radius 2 is 1.85 bits per heavy atom. The molecule has 6 heterocycles.